The summed E-state index contributed by atoms with van der Waals surface area (Å²) in [4.78, 5) is 35.5. The number of ketones is 1. The molecule has 5 nitrogen and oxygen atoms in total. The molecule has 2 aliphatic carbocycles. The Hall–Kier alpha value is -1.65. The van der Waals surface area contributed by atoms with Crippen molar-refractivity contribution < 1.29 is 23.9 Å². The van der Waals surface area contributed by atoms with Crippen LogP contribution in [-0.4, -0.2) is 31.9 Å². The first-order valence-corrected chi connectivity index (χ1v) is 6.40. The van der Waals surface area contributed by atoms with Crippen molar-refractivity contribution in [1.29, 1.82) is 0 Å². The molecule has 0 N–H and O–H groups in total. The van der Waals surface area contributed by atoms with Crippen molar-refractivity contribution in [3.8, 4) is 0 Å². The molecular weight excluding hydrogens is 248 g/mol. The lowest BCUT2D eigenvalue weighted by atomic mass is 9.75. The normalized spacial score (nSPS) is 30.1. The van der Waals surface area contributed by atoms with Crippen molar-refractivity contribution >= 4 is 17.7 Å². The average molecular weight is 266 g/mol. The summed E-state index contributed by atoms with van der Waals surface area (Å²) in [6.07, 6.45) is 1.20. The quantitative estimate of drug-likeness (QED) is 0.704. The van der Waals surface area contributed by atoms with Gasteiger partial charge in [0.05, 0.1) is 26.1 Å². The molecule has 5 heteroatoms. The van der Waals surface area contributed by atoms with Crippen LogP contribution in [0, 0.1) is 17.8 Å². The Labute approximate surface area is 111 Å². The Balaban J connectivity index is 2.34. The van der Waals surface area contributed by atoms with Crippen molar-refractivity contribution in [3.63, 3.8) is 0 Å². The summed E-state index contributed by atoms with van der Waals surface area (Å²) in [5, 5.41) is 0. The van der Waals surface area contributed by atoms with Crippen LogP contribution in [-0.2, 0) is 23.9 Å². The van der Waals surface area contributed by atoms with Crippen molar-refractivity contribution in [2.75, 3.05) is 14.2 Å². The third-order valence-corrected chi connectivity index (χ3v) is 4.17. The average Bonchev–Trinajstić information content (AvgIpc) is 2.70. The first kappa shape index (κ1) is 13.8. The van der Waals surface area contributed by atoms with Gasteiger partial charge in [-0.05, 0) is 24.3 Å². The number of ether oxygens (including phenoxy) is 2. The monoisotopic (exact) mass is 266 g/mol. The molecule has 104 valence electrons. The lowest BCUT2D eigenvalue weighted by molar-refractivity contribution is -0.158. The van der Waals surface area contributed by atoms with E-state index in [1.807, 2.05) is 6.92 Å². The topological polar surface area (TPSA) is 69.7 Å². The second-order valence-corrected chi connectivity index (χ2v) is 5.20. The number of allylic oxidation sites excluding steroid dienone is 2. The van der Waals surface area contributed by atoms with E-state index in [9.17, 15) is 14.4 Å². The maximum Gasteiger partial charge on any atom is 0.309 e. The maximum atomic E-state index is 11.9. The van der Waals surface area contributed by atoms with E-state index in [-0.39, 0.29) is 11.7 Å². The minimum absolute atomic E-state index is 0.0970. The highest BCUT2D eigenvalue weighted by Crippen LogP contribution is 2.44. The molecule has 19 heavy (non-hydrogen) atoms. The zero-order valence-corrected chi connectivity index (χ0v) is 11.4. The van der Waals surface area contributed by atoms with Crippen molar-refractivity contribution in [3.05, 3.63) is 11.1 Å². The number of methoxy groups -OCH3 is 2. The predicted octanol–water partition coefficient (Wildman–Crippen LogP) is 1.26. The minimum atomic E-state index is -0.606. The molecule has 0 spiro atoms. The van der Waals surface area contributed by atoms with Crippen molar-refractivity contribution in [2.45, 2.75) is 26.2 Å². The van der Waals surface area contributed by atoms with Gasteiger partial charge in [-0.25, -0.2) is 0 Å². The van der Waals surface area contributed by atoms with Crippen LogP contribution in [0.2, 0.25) is 0 Å². The third-order valence-electron chi connectivity index (χ3n) is 4.17. The molecule has 0 amide bonds. The van der Waals surface area contributed by atoms with Crippen molar-refractivity contribution in [1.82, 2.24) is 0 Å². The highest BCUT2D eigenvalue weighted by atomic mass is 16.5. The molecule has 0 bridgehead atoms. The minimum Gasteiger partial charge on any atom is -0.469 e. The Morgan fingerprint density at radius 2 is 1.53 bits per heavy atom. The number of carbonyl (C=O) groups excluding carboxylic acids is 3. The molecule has 0 fully saturated rings. The summed E-state index contributed by atoms with van der Waals surface area (Å²) in [5.41, 5.74) is 1.74. The summed E-state index contributed by atoms with van der Waals surface area (Å²) in [5.74, 6) is -1.74. The fraction of sp³-hybridized carbons (Fsp3) is 0.643. The van der Waals surface area contributed by atoms with Gasteiger partial charge in [0.25, 0.3) is 0 Å². The molecule has 0 saturated carbocycles. The zero-order valence-electron chi connectivity index (χ0n) is 11.4. The molecule has 0 aliphatic heterocycles. The SMILES string of the molecule is COC(=O)[C@H]1CC2=C(C[C@H]1C(=O)OC)C(=O)C[C@H]2C. The summed E-state index contributed by atoms with van der Waals surface area (Å²) < 4.78 is 9.52. The van der Waals surface area contributed by atoms with Crippen LogP contribution in [0.5, 0.6) is 0 Å². The van der Waals surface area contributed by atoms with Crippen LogP contribution in [0.1, 0.15) is 26.2 Å². The van der Waals surface area contributed by atoms with Gasteiger partial charge < -0.3 is 9.47 Å². The second-order valence-electron chi connectivity index (χ2n) is 5.20. The van der Waals surface area contributed by atoms with E-state index >= 15 is 0 Å². The van der Waals surface area contributed by atoms with Crippen LogP contribution in [0.3, 0.4) is 0 Å². The number of carbonyl (C=O) groups is 3. The van der Waals surface area contributed by atoms with Crippen LogP contribution in [0.25, 0.3) is 0 Å². The smallest absolute Gasteiger partial charge is 0.309 e. The van der Waals surface area contributed by atoms with Gasteiger partial charge in [-0.1, -0.05) is 12.5 Å². The van der Waals surface area contributed by atoms with Crippen LogP contribution >= 0.6 is 0 Å². The van der Waals surface area contributed by atoms with Gasteiger partial charge in [-0.15, -0.1) is 0 Å². The molecule has 2 rings (SSSR count). The second kappa shape index (κ2) is 5.15. The van der Waals surface area contributed by atoms with E-state index in [2.05, 4.69) is 0 Å². The third kappa shape index (κ3) is 2.29. The first-order valence-electron chi connectivity index (χ1n) is 6.40. The van der Waals surface area contributed by atoms with E-state index in [1.54, 1.807) is 0 Å². The zero-order chi connectivity index (χ0) is 14.2. The Bertz CT molecular complexity index is 462. The standard InChI is InChI=1S/C14H18O5/c1-7-4-12(15)9-6-11(14(17)19-3)10(5-8(7)9)13(16)18-2/h7,10-11H,4-6H2,1-3H3/t7-,10+,11-/m1/s1. The van der Waals surface area contributed by atoms with E-state index < -0.39 is 23.8 Å². The molecule has 2 aliphatic rings. The summed E-state index contributed by atoms with van der Waals surface area (Å²) >= 11 is 0. The molecule has 3 atom stereocenters. The summed E-state index contributed by atoms with van der Waals surface area (Å²) in [7, 11) is 2.60. The Morgan fingerprint density at radius 3 is 2.05 bits per heavy atom. The molecule has 0 aromatic heterocycles. The lowest BCUT2D eigenvalue weighted by Gasteiger charge is -2.29. The lowest BCUT2D eigenvalue weighted by Crippen LogP contribution is -2.35. The van der Waals surface area contributed by atoms with Crippen molar-refractivity contribution in [2.24, 2.45) is 17.8 Å². The predicted molar refractivity (Wildman–Crippen MR) is 66.1 cm³/mol. The largest absolute Gasteiger partial charge is 0.469 e. The van der Waals surface area contributed by atoms with Gasteiger partial charge in [0.1, 0.15) is 0 Å². The highest BCUT2D eigenvalue weighted by Gasteiger charge is 2.45. The fourth-order valence-electron chi connectivity index (χ4n) is 3.11. The van der Waals surface area contributed by atoms with Gasteiger partial charge in [-0.2, -0.15) is 0 Å². The maximum absolute atomic E-state index is 11.9. The molecule has 0 heterocycles. The molecule has 0 saturated heterocycles. The fourth-order valence-corrected chi connectivity index (χ4v) is 3.11. The number of hydrogen-bond donors (Lipinski definition) is 0. The number of esters is 2. The number of hydrogen-bond acceptors (Lipinski definition) is 5. The first-order chi connectivity index (χ1) is 8.99. The molecule has 0 radical (unpaired) electrons. The Kier molecular flexibility index (Phi) is 3.73. The van der Waals surface area contributed by atoms with Gasteiger partial charge >= 0.3 is 11.9 Å². The van der Waals surface area contributed by atoms with E-state index in [1.165, 1.54) is 14.2 Å². The van der Waals surface area contributed by atoms with Gasteiger partial charge in [0, 0.05) is 6.42 Å². The van der Waals surface area contributed by atoms with Crippen LogP contribution < -0.4 is 0 Å². The molecular formula is C14H18O5. The van der Waals surface area contributed by atoms with Crippen LogP contribution in [0.15, 0.2) is 11.1 Å². The van der Waals surface area contributed by atoms with Gasteiger partial charge in [0.2, 0.25) is 0 Å². The van der Waals surface area contributed by atoms with Crippen LogP contribution in [0.4, 0.5) is 0 Å². The van der Waals surface area contributed by atoms with E-state index in [0.29, 0.717) is 19.3 Å². The number of Topliss-reactive ketones (excluding diaryl/α,β-unsaturated/α-hetero) is 1. The Morgan fingerprint density at radius 1 is 1.00 bits per heavy atom. The molecule has 0 aromatic rings. The summed E-state index contributed by atoms with van der Waals surface area (Å²) in [6, 6.07) is 0. The number of rotatable bonds is 2. The van der Waals surface area contributed by atoms with E-state index in [0.717, 1.165) is 11.1 Å². The highest BCUT2D eigenvalue weighted by molar-refractivity contribution is 6.00. The molecule has 0 unspecified atom stereocenters. The van der Waals surface area contributed by atoms with Gasteiger partial charge in [0.15, 0.2) is 5.78 Å². The molecule has 0 aromatic carbocycles. The van der Waals surface area contributed by atoms with E-state index in [4.69, 9.17) is 9.47 Å². The van der Waals surface area contributed by atoms with Gasteiger partial charge in [-0.3, -0.25) is 14.4 Å². The summed E-state index contributed by atoms with van der Waals surface area (Å²) in [6.45, 7) is 1.98.